The number of ether oxygens (including phenoxy) is 1. The minimum atomic E-state index is 0.430. The van der Waals surface area contributed by atoms with Gasteiger partial charge in [0.2, 0.25) is 5.88 Å². The fourth-order valence-electron chi connectivity index (χ4n) is 2.91. The molecule has 2 aromatic rings. The van der Waals surface area contributed by atoms with Crippen LogP contribution in [0.5, 0.6) is 5.88 Å². The molecule has 0 fully saturated rings. The van der Waals surface area contributed by atoms with Crippen LogP contribution in [0.2, 0.25) is 0 Å². The summed E-state index contributed by atoms with van der Waals surface area (Å²) in [5.74, 6) is 1.01. The second kappa shape index (κ2) is 7.13. The van der Waals surface area contributed by atoms with Gasteiger partial charge in [-0.2, -0.15) is 0 Å². The molecular weight excluding hydrogens is 288 g/mol. The lowest BCUT2D eigenvalue weighted by Gasteiger charge is -2.19. The van der Waals surface area contributed by atoms with Crippen molar-refractivity contribution < 1.29 is 4.74 Å². The Morgan fingerprint density at radius 3 is 3.04 bits per heavy atom. The summed E-state index contributed by atoms with van der Waals surface area (Å²) in [6.45, 7) is 0.493. The Kier molecular flexibility index (Phi) is 4.76. The lowest BCUT2D eigenvalue weighted by molar-refractivity contribution is 0.397. The molecule has 1 aromatic heterocycles. The van der Waals surface area contributed by atoms with Crippen molar-refractivity contribution in [3.05, 3.63) is 53.2 Å². The van der Waals surface area contributed by atoms with Gasteiger partial charge in [-0.05, 0) is 54.5 Å². The third kappa shape index (κ3) is 3.80. The van der Waals surface area contributed by atoms with E-state index in [0.717, 1.165) is 24.1 Å². The van der Waals surface area contributed by atoms with E-state index in [0.29, 0.717) is 18.4 Å². The lowest BCUT2D eigenvalue weighted by Crippen LogP contribution is -2.24. The first kappa shape index (κ1) is 15.3. The quantitative estimate of drug-likeness (QED) is 0.673. The first-order chi connectivity index (χ1) is 11.3. The van der Waals surface area contributed by atoms with E-state index in [-0.39, 0.29) is 0 Å². The third-order valence-electron chi connectivity index (χ3n) is 4.10. The predicted molar refractivity (Wildman–Crippen MR) is 92.8 cm³/mol. The van der Waals surface area contributed by atoms with Crippen LogP contribution in [0.3, 0.4) is 0 Å². The van der Waals surface area contributed by atoms with Crippen LogP contribution in [-0.4, -0.2) is 18.1 Å². The Balaban J connectivity index is 1.70. The minimum Gasteiger partial charge on any atom is -0.481 e. The summed E-state index contributed by atoms with van der Waals surface area (Å²) in [7, 11) is 1.60. The van der Waals surface area contributed by atoms with Crippen molar-refractivity contribution in [1.82, 2.24) is 4.98 Å². The Morgan fingerprint density at radius 2 is 2.17 bits per heavy atom. The molecule has 1 aromatic carbocycles. The van der Waals surface area contributed by atoms with Gasteiger partial charge in [0.25, 0.3) is 0 Å². The fourth-order valence-corrected chi connectivity index (χ4v) is 2.91. The van der Waals surface area contributed by atoms with E-state index in [2.05, 4.69) is 33.5 Å². The highest BCUT2D eigenvalue weighted by atomic mass is 16.5. The van der Waals surface area contributed by atoms with Crippen molar-refractivity contribution in [3.63, 3.8) is 0 Å². The lowest BCUT2D eigenvalue weighted by atomic mass is 9.90. The predicted octanol–water partition coefficient (Wildman–Crippen LogP) is 2.90. The maximum Gasteiger partial charge on any atom is 0.213 e. The van der Waals surface area contributed by atoms with Crippen LogP contribution in [0.4, 0.5) is 5.69 Å². The van der Waals surface area contributed by atoms with E-state index < -0.39 is 0 Å². The number of guanidine groups is 1. The number of benzene rings is 1. The maximum atomic E-state index is 6.05. The van der Waals surface area contributed by atoms with Gasteiger partial charge in [-0.1, -0.05) is 12.1 Å². The van der Waals surface area contributed by atoms with Crippen LogP contribution in [0.25, 0.3) is 0 Å². The summed E-state index contributed by atoms with van der Waals surface area (Å²) in [6.07, 6.45) is 6.47. The van der Waals surface area contributed by atoms with Crippen LogP contribution in [0.1, 0.15) is 29.5 Å². The minimum absolute atomic E-state index is 0.430. The Hall–Kier alpha value is -2.56. The average Bonchev–Trinajstić information content (AvgIpc) is 2.60. The van der Waals surface area contributed by atoms with E-state index in [4.69, 9.17) is 10.5 Å². The number of aliphatic imine (C=N–C) groups is 1. The zero-order chi connectivity index (χ0) is 16.1. The summed E-state index contributed by atoms with van der Waals surface area (Å²) in [5, 5.41) is 3.25. The number of methoxy groups -OCH3 is 1. The van der Waals surface area contributed by atoms with Gasteiger partial charge in [0.05, 0.1) is 13.7 Å². The van der Waals surface area contributed by atoms with E-state index in [1.54, 1.807) is 13.3 Å². The molecule has 3 N–H and O–H groups in total. The first-order valence-electron chi connectivity index (χ1n) is 7.93. The molecule has 23 heavy (non-hydrogen) atoms. The Morgan fingerprint density at radius 1 is 1.30 bits per heavy atom. The van der Waals surface area contributed by atoms with E-state index in [1.807, 2.05) is 12.1 Å². The molecule has 0 radical (unpaired) electrons. The molecule has 1 aliphatic rings. The standard InChI is InChI=1S/C18H22N4O/c1-23-17-11-13(9-10-20-17)12-21-18(19)22-16-8-4-6-14-5-2-3-7-15(14)16/h4,6,8-11H,2-3,5,7,12H2,1H3,(H3,19,21,22). The summed E-state index contributed by atoms with van der Waals surface area (Å²) in [5.41, 5.74) is 10.9. The second-order valence-electron chi connectivity index (χ2n) is 5.68. The average molecular weight is 310 g/mol. The summed E-state index contributed by atoms with van der Waals surface area (Å²) < 4.78 is 5.11. The number of nitrogens with one attached hydrogen (secondary N) is 1. The molecule has 0 unspecified atom stereocenters. The Labute approximate surface area is 136 Å². The van der Waals surface area contributed by atoms with Crippen molar-refractivity contribution >= 4 is 11.6 Å². The molecular formula is C18H22N4O. The molecule has 0 saturated heterocycles. The zero-order valence-electron chi connectivity index (χ0n) is 13.4. The number of hydrogen-bond acceptors (Lipinski definition) is 3. The van der Waals surface area contributed by atoms with Gasteiger partial charge < -0.3 is 15.8 Å². The van der Waals surface area contributed by atoms with Gasteiger partial charge in [-0.3, -0.25) is 0 Å². The SMILES string of the molecule is COc1cc(CN=C(N)Nc2cccc3c2CCCC3)ccn1. The topological polar surface area (TPSA) is 72.5 Å². The van der Waals surface area contributed by atoms with E-state index in [9.17, 15) is 0 Å². The fraction of sp³-hybridized carbons (Fsp3) is 0.333. The van der Waals surface area contributed by atoms with Crippen molar-refractivity contribution in [3.8, 4) is 5.88 Å². The van der Waals surface area contributed by atoms with Gasteiger partial charge in [-0.15, -0.1) is 0 Å². The van der Waals surface area contributed by atoms with Crippen LogP contribution in [0, 0.1) is 0 Å². The van der Waals surface area contributed by atoms with Crippen LogP contribution in [-0.2, 0) is 19.4 Å². The molecule has 5 heteroatoms. The molecule has 1 aliphatic carbocycles. The van der Waals surface area contributed by atoms with Crippen LogP contribution < -0.4 is 15.8 Å². The van der Waals surface area contributed by atoms with Gasteiger partial charge >= 0.3 is 0 Å². The molecule has 0 amide bonds. The van der Waals surface area contributed by atoms with E-state index >= 15 is 0 Å². The number of fused-ring (bicyclic) bond motifs is 1. The number of hydrogen-bond donors (Lipinski definition) is 2. The van der Waals surface area contributed by atoms with Gasteiger partial charge in [0.1, 0.15) is 0 Å². The number of anilines is 1. The molecule has 0 bridgehead atoms. The van der Waals surface area contributed by atoms with Crippen LogP contribution >= 0.6 is 0 Å². The molecule has 0 saturated carbocycles. The molecule has 0 aliphatic heterocycles. The van der Waals surface area contributed by atoms with Gasteiger partial charge in [0, 0.05) is 18.0 Å². The number of nitrogens with two attached hydrogens (primary N) is 1. The number of pyridine rings is 1. The normalized spacial score (nSPS) is 14.2. The molecule has 3 rings (SSSR count). The van der Waals surface area contributed by atoms with Crippen molar-refractivity contribution in [1.29, 1.82) is 0 Å². The summed E-state index contributed by atoms with van der Waals surface area (Å²) in [6, 6.07) is 10.1. The van der Waals surface area contributed by atoms with Gasteiger partial charge in [0.15, 0.2) is 5.96 Å². The summed E-state index contributed by atoms with van der Waals surface area (Å²) in [4.78, 5) is 8.50. The van der Waals surface area contributed by atoms with Crippen molar-refractivity contribution in [2.75, 3.05) is 12.4 Å². The molecule has 0 atom stereocenters. The smallest absolute Gasteiger partial charge is 0.213 e. The Bertz CT molecular complexity index is 712. The van der Waals surface area contributed by atoms with Crippen LogP contribution in [0.15, 0.2) is 41.5 Å². The second-order valence-corrected chi connectivity index (χ2v) is 5.68. The molecule has 120 valence electrons. The third-order valence-corrected chi connectivity index (χ3v) is 4.10. The van der Waals surface area contributed by atoms with E-state index in [1.165, 1.54) is 24.0 Å². The molecule has 5 nitrogen and oxygen atoms in total. The first-order valence-corrected chi connectivity index (χ1v) is 7.93. The van der Waals surface area contributed by atoms with Crippen molar-refractivity contribution in [2.24, 2.45) is 10.7 Å². The number of aryl methyl sites for hydroxylation is 1. The number of aromatic nitrogens is 1. The maximum absolute atomic E-state index is 6.05. The highest BCUT2D eigenvalue weighted by Crippen LogP contribution is 2.27. The summed E-state index contributed by atoms with van der Waals surface area (Å²) >= 11 is 0. The van der Waals surface area contributed by atoms with Crippen molar-refractivity contribution in [2.45, 2.75) is 32.2 Å². The largest absolute Gasteiger partial charge is 0.481 e. The highest BCUT2D eigenvalue weighted by Gasteiger charge is 2.13. The molecule has 1 heterocycles. The molecule has 0 spiro atoms. The number of rotatable bonds is 4. The van der Waals surface area contributed by atoms with Gasteiger partial charge in [-0.25, -0.2) is 9.98 Å². The zero-order valence-corrected chi connectivity index (χ0v) is 13.4. The highest BCUT2D eigenvalue weighted by molar-refractivity contribution is 5.93. The monoisotopic (exact) mass is 310 g/mol. The number of nitrogens with zero attached hydrogens (tertiary/aromatic N) is 2.